The van der Waals surface area contributed by atoms with Crippen molar-refractivity contribution < 1.29 is 17.6 Å². The lowest BCUT2D eigenvalue weighted by Gasteiger charge is -2.23. The first kappa shape index (κ1) is 26.7. The number of nitriles is 2. The summed E-state index contributed by atoms with van der Waals surface area (Å²) in [4.78, 5) is 5.59. The summed E-state index contributed by atoms with van der Waals surface area (Å²) in [5.41, 5.74) is -0.312. The van der Waals surface area contributed by atoms with Gasteiger partial charge in [0, 0.05) is 34.1 Å². The van der Waals surface area contributed by atoms with E-state index in [2.05, 4.69) is 23.7 Å². The highest BCUT2D eigenvalue weighted by molar-refractivity contribution is 7.14. The zero-order valence-corrected chi connectivity index (χ0v) is 20.5. The van der Waals surface area contributed by atoms with E-state index in [0.29, 0.717) is 4.88 Å². The van der Waals surface area contributed by atoms with E-state index >= 15 is 0 Å². The molecule has 0 saturated carbocycles. The van der Waals surface area contributed by atoms with Gasteiger partial charge in [0.25, 0.3) is 11.9 Å². The Morgan fingerprint density at radius 3 is 2.00 bits per heavy atom. The number of benzene rings is 1. The summed E-state index contributed by atoms with van der Waals surface area (Å²) in [6, 6.07) is 14.2. The molecule has 36 heavy (non-hydrogen) atoms. The van der Waals surface area contributed by atoms with E-state index in [1.807, 2.05) is 30.3 Å². The van der Waals surface area contributed by atoms with Gasteiger partial charge in [0.15, 0.2) is 11.6 Å². The Balaban J connectivity index is 1.95. The lowest BCUT2D eigenvalue weighted by atomic mass is 9.99. The number of aromatic nitrogens is 1. The molecular formula is C27H22F4N4S. The number of halogens is 4. The fraction of sp³-hybridized carbons (Fsp3) is 0.222. The molecule has 9 heteroatoms. The number of thiophene rings is 1. The van der Waals surface area contributed by atoms with Gasteiger partial charge in [-0.3, -0.25) is 0 Å². The fourth-order valence-corrected chi connectivity index (χ4v) is 4.64. The van der Waals surface area contributed by atoms with Crippen molar-refractivity contribution in [3.63, 3.8) is 0 Å². The predicted molar refractivity (Wildman–Crippen MR) is 134 cm³/mol. The van der Waals surface area contributed by atoms with Crippen molar-refractivity contribution in [2.24, 2.45) is 0 Å². The van der Waals surface area contributed by atoms with Crippen molar-refractivity contribution in [2.45, 2.75) is 26.7 Å². The Morgan fingerprint density at radius 2 is 1.47 bits per heavy atom. The van der Waals surface area contributed by atoms with Crippen molar-refractivity contribution >= 4 is 34.7 Å². The molecule has 0 spiro atoms. The minimum absolute atomic E-state index is 0.0978. The molecule has 0 N–H and O–H groups in total. The van der Waals surface area contributed by atoms with E-state index in [9.17, 15) is 28.1 Å². The monoisotopic (exact) mass is 510 g/mol. The van der Waals surface area contributed by atoms with Gasteiger partial charge >= 0.3 is 0 Å². The number of hydrogen-bond donors (Lipinski definition) is 0. The molecule has 0 bridgehead atoms. The third kappa shape index (κ3) is 5.81. The highest BCUT2D eigenvalue weighted by Gasteiger charge is 2.27. The zero-order valence-electron chi connectivity index (χ0n) is 19.7. The van der Waals surface area contributed by atoms with E-state index in [-0.39, 0.29) is 4.88 Å². The molecule has 0 radical (unpaired) electrons. The molecule has 2 heterocycles. The van der Waals surface area contributed by atoms with Crippen LogP contribution in [0.1, 0.15) is 47.6 Å². The quantitative estimate of drug-likeness (QED) is 0.172. The van der Waals surface area contributed by atoms with Gasteiger partial charge in [-0.2, -0.15) is 24.3 Å². The number of nitrogens with zero attached hydrogens (tertiary/aromatic N) is 4. The molecule has 184 valence electrons. The van der Waals surface area contributed by atoms with Gasteiger partial charge in [-0.15, -0.1) is 11.3 Å². The second kappa shape index (κ2) is 12.1. The minimum Gasteiger partial charge on any atom is -0.372 e. The van der Waals surface area contributed by atoms with Gasteiger partial charge in [-0.1, -0.05) is 32.1 Å². The van der Waals surface area contributed by atoms with Crippen LogP contribution in [0, 0.1) is 46.2 Å². The van der Waals surface area contributed by atoms with Crippen LogP contribution in [0.2, 0.25) is 0 Å². The summed E-state index contributed by atoms with van der Waals surface area (Å²) in [6.45, 7) is 6.21. The minimum atomic E-state index is -1.87. The largest absolute Gasteiger partial charge is 0.372 e. The van der Waals surface area contributed by atoms with Crippen LogP contribution >= 0.6 is 11.3 Å². The molecule has 0 aliphatic heterocycles. The van der Waals surface area contributed by atoms with Gasteiger partial charge in [-0.25, -0.2) is 8.78 Å². The molecule has 0 aliphatic rings. The number of hydrogen-bond acceptors (Lipinski definition) is 5. The van der Waals surface area contributed by atoms with Gasteiger partial charge in [-0.05, 0) is 48.7 Å². The molecule has 0 atom stereocenters. The van der Waals surface area contributed by atoms with Crippen LogP contribution in [-0.4, -0.2) is 18.1 Å². The van der Waals surface area contributed by atoms with E-state index in [1.54, 1.807) is 24.3 Å². The van der Waals surface area contributed by atoms with E-state index in [1.165, 1.54) is 6.07 Å². The average Bonchev–Trinajstić information content (AvgIpc) is 3.35. The van der Waals surface area contributed by atoms with Crippen LogP contribution in [0.25, 0.3) is 17.7 Å². The van der Waals surface area contributed by atoms with Gasteiger partial charge in [0.1, 0.15) is 17.7 Å². The Morgan fingerprint density at radius 1 is 0.889 bits per heavy atom. The van der Waals surface area contributed by atoms with Crippen molar-refractivity contribution in [2.75, 3.05) is 18.0 Å². The average molecular weight is 511 g/mol. The molecule has 0 aliphatic carbocycles. The summed E-state index contributed by atoms with van der Waals surface area (Å²) < 4.78 is 56.4. The van der Waals surface area contributed by atoms with Crippen LogP contribution < -0.4 is 4.90 Å². The maximum Gasteiger partial charge on any atom is 0.252 e. The van der Waals surface area contributed by atoms with Crippen molar-refractivity contribution in [3.8, 4) is 12.1 Å². The summed E-state index contributed by atoms with van der Waals surface area (Å²) in [7, 11) is 0. The molecule has 3 rings (SSSR count). The van der Waals surface area contributed by atoms with Gasteiger partial charge in [0.2, 0.25) is 0 Å². The third-order valence-electron chi connectivity index (χ3n) is 5.28. The van der Waals surface area contributed by atoms with E-state index in [4.69, 9.17) is 0 Å². The van der Waals surface area contributed by atoms with Crippen molar-refractivity contribution in [1.82, 2.24) is 4.98 Å². The highest BCUT2D eigenvalue weighted by atomic mass is 32.1. The Bertz CT molecular complexity index is 1330. The number of allylic oxidation sites excluding steroid dienone is 1. The summed E-state index contributed by atoms with van der Waals surface area (Å²) in [5.74, 6) is -7.29. The lowest BCUT2D eigenvalue weighted by molar-refractivity contribution is 0.404. The molecule has 0 amide bonds. The second-order valence-electron chi connectivity index (χ2n) is 7.78. The predicted octanol–water partition coefficient (Wildman–Crippen LogP) is 7.35. The smallest absolute Gasteiger partial charge is 0.252 e. The summed E-state index contributed by atoms with van der Waals surface area (Å²) in [6.07, 6.45) is 5.69. The topological polar surface area (TPSA) is 63.7 Å². The molecule has 3 aromatic rings. The van der Waals surface area contributed by atoms with Crippen LogP contribution in [0.15, 0.2) is 42.0 Å². The Kier molecular flexibility index (Phi) is 8.99. The first-order valence-corrected chi connectivity index (χ1v) is 12.0. The van der Waals surface area contributed by atoms with E-state index < -0.39 is 40.2 Å². The van der Waals surface area contributed by atoms with Crippen LogP contribution in [-0.2, 0) is 0 Å². The second-order valence-corrected chi connectivity index (χ2v) is 8.90. The van der Waals surface area contributed by atoms with Crippen LogP contribution in [0.5, 0.6) is 0 Å². The number of anilines is 1. The number of pyridine rings is 1. The standard InChI is InChI=1S/C27H22F4N4S/c1-3-13-35(14-4-2)19-8-5-17(6-9-19)7-10-20-11-12-21(36-20)22(18(15-32)16-33)23-24(28)26(30)34-27(31)25(23)29/h5-12H,3-4,13-14H2,1-2H3/b10-7+. The molecule has 0 saturated heterocycles. The van der Waals surface area contributed by atoms with Crippen LogP contribution in [0.4, 0.5) is 23.2 Å². The maximum absolute atomic E-state index is 14.5. The summed E-state index contributed by atoms with van der Waals surface area (Å²) in [5, 5.41) is 18.7. The first-order chi connectivity index (χ1) is 17.3. The highest BCUT2D eigenvalue weighted by Crippen LogP contribution is 2.36. The maximum atomic E-state index is 14.5. The van der Waals surface area contributed by atoms with Crippen LogP contribution in [0.3, 0.4) is 0 Å². The van der Waals surface area contributed by atoms with Gasteiger partial charge < -0.3 is 4.90 Å². The lowest BCUT2D eigenvalue weighted by Crippen LogP contribution is -2.24. The fourth-order valence-electron chi connectivity index (χ4n) is 3.68. The van der Waals surface area contributed by atoms with Crippen molar-refractivity contribution in [1.29, 1.82) is 10.5 Å². The normalized spacial score (nSPS) is 10.8. The molecule has 4 nitrogen and oxygen atoms in total. The molecule has 0 fully saturated rings. The Hall–Kier alpha value is -3.95. The number of rotatable bonds is 9. The SMILES string of the molecule is CCCN(CCC)c1ccc(/C=C/c2ccc(C(=C(C#N)C#N)c3c(F)c(F)nc(F)c3F)s2)cc1. The van der Waals surface area contributed by atoms with Crippen molar-refractivity contribution in [3.05, 3.63) is 86.4 Å². The Labute approximate surface area is 211 Å². The molecular weight excluding hydrogens is 488 g/mol. The van der Waals surface area contributed by atoms with Gasteiger partial charge in [0.05, 0.1) is 5.56 Å². The molecule has 0 unspecified atom stereocenters. The molecule has 1 aromatic carbocycles. The van der Waals surface area contributed by atoms with E-state index in [0.717, 1.165) is 48.5 Å². The zero-order chi connectivity index (χ0) is 26.2. The first-order valence-electron chi connectivity index (χ1n) is 11.2. The summed E-state index contributed by atoms with van der Waals surface area (Å²) >= 11 is 1.01. The molecule has 2 aromatic heterocycles. The third-order valence-corrected chi connectivity index (χ3v) is 6.35.